The molecule has 0 saturated carbocycles. The van der Waals surface area contributed by atoms with Crippen molar-refractivity contribution in [3.8, 4) is 10.7 Å². The molecule has 1 atom stereocenters. The molecule has 0 N–H and O–H groups in total. The molecule has 2 aromatic heterocycles. The molecule has 0 radical (unpaired) electrons. The number of fused-ring (bicyclic) bond motifs is 1. The lowest BCUT2D eigenvalue weighted by molar-refractivity contribution is -0.137. The number of para-hydroxylation sites is 1. The molecule has 0 aliphatic carbocycles. The number of thiophene rings is 1. The summed E-state index contributed by atoms with van der Waals surface area (Å²) >= 11 is 3.09. The smallest absolute Gasteiger partial charge is 0.319 e. The van der Waals surface area contributed by atoms with Gasteiger partial charge in [0.05, 0.1) is 17.0 Å². The molecule has 4 rings (SSSR count). The second kappa shape index (κ2) is 5.70. The minimum Gasteiger partial charge on any atom is -0.465 e. The first kappa shape index (κ1) is 13.7. The number of rotatable bonds is 3. The summed E-state index contributed by atoms with van der Waals surface area (Å²) in [6.07, 6.45) is 0.732. The zero-order chi connectivity index (χ0) is 14.9. The Bertz CT molecular complexity index is 833. The summed E-state index contributed by atoms with van der Waals surface area (Å²) in [4.78, 5) is 22.1. The van der Waals surface area contributed by atoms with Gasteiger partial charge < -0.3 is 4.74 Å². The number of thioether (sulfide) groups is 1. The van der Waals surface area contributed by atoms with Crippen LogP contribution in [0.25, 0.3) is 21.6 Å². The molecule has 1 aliphatic heterocycles. The second-order valence-electron chi connectivity index (χ2n) is 4.91. The number of nitrogens with zero attached hydrogens (tertiary/aromatic N) is 2. The van der Waals surface area contributed by atoms with Crippen LogP contribution in [0.1, 0.15) is 6.42 Å². The number of hydrogen-bond donors (Lipinski definition) is 0. The summed E-state index contributed by atoms with van der Waals surface area (Å²) in [5.74, 6) is 0.563. The fourth-order valence-corrected chi connectivity index (χ4v) is 4.12. The van der Waals surface area contributed by atoms with Gasteiger partial charge in [0.15, 0.2) is 5.82 Å². The topological polar surface area (TPSA) is 52.1 Å². The lowest BCUT2D eigenvalue weighted by Gasteiger charge is -2.09. The standard InChI is InChI=1S/C16H12N2O2S2/c19-16-13(7-8-20-16)22-15-10-4-1-2-5-11(10)17-14(18-15)12-6-3-9-21-12/h1-6,9,13H,7-8H2/t13-/m1/s1. The van der Waals surface area contributed by atoms with Crippen molar-refractivity contribution in [1.82, 2.24) is 9.97 Å². The van der Waals surface area contributed by atoms with Gasteiger partial charge in [-0.1, -0.05) is 36.0 Å². The van der Waals surface area contributed by atoms with Crippen molar-refractivity contribution in [3.05, 3.63) is 41.8 Å². The molecular formula is C16H12N2O2S2. The van der Waals surface area contributed by atoms with Crippen molar-refractivity contribution in [1.29, 1.82) is 0 Å². The van der Waals surface area contributed by atoms with E-state index in [0.717, 1.165) is 27.2 Å². The molecule has 22 heavy (non-hydrogen) atoms. The van der Waals surface area contributed by atoms with Crippen molar-refractivity contribution in [2.45, 2.75) is 16.7 Å². The van der Waals surface area contributed by atoms with Gasteiger partial charge in [-0.25, -0.2) is 9.97 Å². The number of ether oxygens (including phenoxy) is 1. The van der Waals surface area contributed by atoms with E-state index in [-0.39, 0.29) is 11.2 Å². The fourth-order valence-electron chi connectivity index (χ4n) is 2.37. The molecule has 1 saturated heterocycles. The number of aromatic nitrogens is 2. The van der Waals surface area contributed by atoms with Crippen LogP contribution in [0.2, 0.25) is 0 Å². The summed E-state index contributed by atoms with van der Waals surface area (Å²) in [6.45, 7) is 0.497. The summed E-state index contributed by atoms with van der Waals surface area (Å²) < 4.78 is 5.05. The molecule has 0 unspecified atom stereocenters. The third-order valence-electron chi connectivity index (χ3n) is 3.45. The van der Waals surface area contributed by atoms with Gasteiger partial charge in [0.25, 0.3) is 0 Å². The van der Waals surface area contributed by atoms with E-state index in [1.165, 1.54) is 11.8 Å². The van der Waals surface area contributed by atoms with Crippen molar-refractivity contribution in [2.24, 2.45) is 0 Å². The van der Waals surface area contributed by atoms with Gasteiger partial charge in [-0.2, -0.15) is 0 Å². The van der Waals surface area contributed by atoms with Crippen LogP contribution >= 0.6 is 23.1 Å². The lowest BCUT2D eigenvalue weighted by atomic mass is 10.2. The van der Waals surface area contributed by atoms with E-state index < -0.39 is 0 Å². The van der Waals surface area contributed by atoms with Crippen molar-refractivity contribution in [3.63, 3.8) is 0 Å². The predicted molar refractivity (Wildman–Crippen MR) is 88.1 cm³/mol. The van der Waals surface area contributed by atoms with Crippen LogP contribution in [-0.4, -0.2) is 27.8 Å². The average Bonchev–Trinajstić information content (AvgIpc) is 3.20. The quantitative estimate of drug-likeness (QED) is 0.541. The van der Waals surface area contributed by atoms with Gasteiger partial charge >= 0.3 is 5.97 Å². The Balaban J connectivity index is 1.82. The molecule has 0 bridgehead atoms. The number of benzene rings is 1. The lowest BCUT2D eigenvalue weighted by Crippen LogP contribution is -2.10. The summed E-state index contributed by atoms with van der Waals surface area (Å²) in [6, 6.07) is 11.9. The maximum absolute atomic E-state index is 11.7. The Hall–Kier alpha value is -1.92. The third-order valence-corrected chi connectivity index (χ3v) is 5.56. The Labute approximate surface area is 135 Å². The van der Waals surface area contributed by atoms with Gasteiger partial charge in [-0.3, -0.25) is 4.79 Å². The maximum Gasteiger partial charge on any atom is 0.319 e. The molecular weight excluding hydrogens is 316 g/mol. The Kier molecular flexibility index (Phi) is 3.56. The monoisotopic (exact) mass is 328 g/mol. The van der Waals surface area contributed by atoms with Crippen LogP contribution in [0.3, 0.4) is 0 Å². The van der Waals surface area contributed by atoms with E-state index in [2.05, 4.69) is 4.98 Å². The van der Waals surface area contributed by atoms with Gasteiger partial charge in [-0.15, -0.1) is 11.3 Å². The first-order valence-electron chi connectivity index (χ1n) is 6.95. The first-order chi connectivity index (χ1) is 10.8. The number of hydrogen-bond acceptors (Lipinski definition) is 6. The van der Waals surface area contributed by atoms with E-state index in [1.807, 2.05) is 41.8 Å². The number of esters is 1. The fraction of sp³-hybridized carbons (Fsp3) is 0.188. The average molecular weight is 328 g/mol. The van der Waals surface area contributed by atoms with Crippen LogP contribution in [0, 0.1) is 0 Å². The molecule has 1 aliphatic rings. The molecule has 0 spiro atoms. The van der Waals surface area contributed by atoms with Crippen LogP contribution in [0.4, 0.5) is 0 Å². The van der Waals surface area contributed by atoms with Gasteiger partial charge in [0.2, 0.25) is 0 Å². The molecule has 6 heteroatoms. The Morgan fingerprint density at radius 1 is 1.18 bits per heavy atom. The molecule has 1 fully saturated rings. The summed E-state index contributed by atoms with van der Waals surface area (Å²) in [5.41, 5.74) is 0.898. The number of carbonyl (C=O) groups is 1. The molecule has 4 nitrogen and oxygen atoms in total. The SMILES string of the molecule is O=C1OCC[C@H]1Sc1nc(-c2cccs2)nc2ccccc12. The van der Waals surface area contributed by atoms with E-state index >= 15 is 0 Å². The minimum atomic E-state index is -0.172. The van der Waals surface area contributed by atoms with Crippen LogP contribution in [0.5, 0.6) is 0 Å². The van der Waals surface area contributed by atoms with E-state index in [4.69, 9.17) is 9.72 Å². The minimum absolute atomic E-state index is 0.148. The highest BCUT2D eigenvalue weighted by molar-refractivity contribution is 8.00. The zero-order valence-electron chi connectivity index (χ0n) is 11.6. The molecule has 3 aromatic rings. The van der Waals surface area contributed by atoms with Crippen LogP contribution < -0.4 is 0 Å². The van der Waals surface area contributed by atoms with E-state index in [1.54, 1.807) is 11.3 Å². The number of carbonyl (C=O) groups excluding carboxylic acids is 1. The molecule has 3 heterocycles. The normalized spacial score (nSPS) is 17.8. The van der Waals surface area contributed by atoms with Crippen LogP contribution in [-0.2, 0) is 9.53 Å². The second-order valence-corrected chi connectivity index (χ2v) is 7.05. The van der Waals surface area contributed by atoms with E-state index in [0.29, 0.717) is 12.4 Å². The first-order valence-corrected chi connectivity index (χ1v) is 8.71. The van der Waals surface area contributed by atoms with Crippen molar-refractivity contribution >= 4 is 40.0 Å². The van der Waals surface area contributed by atoms with Gasteiger partial charge in [0, 0.05) is 11.8 Å². The summed E-state index contributed by atoms with van der Waals surface area (Å²) in [5, 5.41) is 3.66. The van der Waals surface area contributed by atoms with Crippen molar-refractivity contribution < 1.29 is 9.53 Å². The van der Waals surface area contributed by atoms with Crippen molar-refractivity contribution in [2.75, 3.05) is 6.61 Å². The van der Waals surface area contributed by atoms with Gasteiger partial charge in [-0.05, 0) is 17.5 Å². The largest absolute Gasteiger partial charge is 0.465 e. The summed E-state index contributed by atoms with van der Waals surface area (Å²) in [7, 11) is 0. The van der Waals surface area contributed by atoms with Crippen LogP contribution in [0.15, 0.2) is 46.8 Å². The Morgan fingerprint density at radius 3 is 2.86 bits per heavy atom. The molecule has 110 valence electrons. The predicted octanol–water partition coefficient (Wildman–Crippen LogP) is 3.77. The maximum atomic E-state index is 11.7. The highest BCUT2D eigenvalue weighted by atomic mass is 32.2. The van der Waals surface area contributed by atoms with E-state index in [9.17, 15) is 4.79 Å². The highest BCUT2D eigenvalue weighted by Crippen LogP contribution is 2.34. The third kappa shape index (κ3) is 2.48. The molecule has 0 amide bonds. The highest BCUT2D eigenvalue weighted by Gasteiger charge is 2.29. The zero-order valence-corrected chi connectivity index (χ0v) is 13.2. The number of cyclic esters (lactones) is 1. The Morgan fingerprint density at radius 2 is 2.09 bits per heavy atom. The van der Waals surface area contributed by atoms with Gasteiger partial charge in [0.1, 0.15) is 10.3 Å². The molecule has 1 aromatic carbocycles.